The molecule has 100 valence electrons. The van der Waals surface area contributed by atoms with E-state index in [4.69, 9.17) is 0 Å². The van der Waals surface area contributed by atoms with Crippen LogP contribution in [-0.4, -0.2) is 30.7 Å². The lowest BCUT2D eigenvalue weighted by Gasteiger charge is -2.10. The van der Waals surface area contributed by atoms with Gasteiger partial charge in [-0.2, -0.15) is 0 Å². The van der Waals surface area contributed by atoms with Crippen LogP contribution < -0.4 is 10.6 Å². The normalized spacial score (nSPS) is 10.6. The highest BCUT2D eigenvalue weighted by atomic mass is 16.2. The molecule has 0 aliphatic heterocycles. The van der Waals surface area contributed by atoms with Gasteiger partial charge in [0.15, 0.2) is 5.78 Å². The molecule has 0 aromatic rings. The van der Waals surface area contributed by atoms with Gasteiger partial charge in [-0.15, -0.1) is 0 Å². The van der Waals surface area contributed by atoms with Gasteiger partial charge >= 0.3 is 0 Å². The average molecular weight is 244 g/mol. The molecule has 0 rings (SSSR count). The summed E-state index contributed by atoms with van der Waals surface area (Å²) in [6.07, 6.45) is 1.57. The van der Waals surface area contributed by atoms with E-state index in [-0.39, 0.29) is 30.4 Å². The van der Waals surface area contributed by atoms with E-state index in [0.717, 1.165) is 0 Å². The highest BCUT2D eigenvalue weighted by Crippen LogP contribution is 1.95. The molecule has 0 aliphatic carbocycles. The molecule has 1 atom stereocenters. The van der Waals surface area contributed by atoms with Crippen molar-refractivity contribution in [3.05, 3.63) is 0 Å². The van der Waals surface area contributed by atoms with Crippen LogP contribution >= 0.6 is 0 Å². The second-order valence-corrected chi connectivity index (χ2v) is 3.77. The summed E-state index contributed by atoms with van der Waals surface area (Å²) in [7, 11) is 1.52. The van der Waals surface area contributed by atoms with E-state index in [0.29, 0.717) is 0 Å². The number of Topliss-reactive ketones (excluding diaryl/α,β-unsaturated/α-hetero) is 1. The third kappa shape index (κ3) is 12.5. The molecular formula is C12H24N2O3. The highest BCUT2D eigenvalue weighted by molar-refractivity contribution is 5.90. The summed E-state index contributed by atoms with van der Waals surface area (Å²) in [6.45, 7) is 7.20. The third-order valence-electron chi connectivity index (χ3n) is 1.78. The number of carbonyl (C=O) groups excluding carboxylic acids is 3. The van der Waals surface area contributed by atoms with Crippen LogP contribution in [0.3, 0.4) is 0 Å². The summed E-state index contributed by atoms with van der Waals surface area (Å²) >= 11 is 0. The van der Waals surface area contributed by atoms with Crippen LogP contribution in [0.1, 0.15) is 47.0 Å². The number of hydrogen-bond donors (Lipinski definition) is 2. The zero-order chi connectivity index (χ0) is 13.8. The quantitative estimate of drug-likeness (QED) is 0.758. The van der Waals surface area contributed by atoms with E-state index in [9.17, 15) is 14.4 Å². The molecule has 2 N–H and O–H groups in total. The third-order valence-corrected chi connectivity index (χ3v) is 1.78. The van der Waals surface area contributed by atoms with Gasteiger partial charge in [0.1, 0.15) is 0 Å². The fourth-order valence-electron chi connectivity index (χ4n) is 0.964. The average Bonchev–Trinajstić information content (AvgIpc) is 2.25. The number of rotatable bonds is 5. The van der Waals surface area contributed by atoms with Crippen LogP contribution in [-0.2, 0) is 14.4 Å². The first-order valence-corrected chi connectivity index (χ1v) is 5.89. The van der Waals surface area contributed by atoms with Crippen molar-refractivity contribution < 1.29 is 14.4 Å². The first kappa shape index (κ1) is 18.0. The maximum atomic E-state index is 11.3. The number of amides is 2. The second-order valence-electron chi connectivity index (χ2n) is 3.77. The first-order chi connectivity index (χ1) is 7.88. The minimum atomic E-state index is -0.517. The molecule has 5 nitrogen and oxygen atoms in total. The summed E-state index contributed by atoms with van der Waals surface area (Å²) < 4.78 is 0. The van der Waals surface area contributed by atoms with Crippen molar-refractivity contribution in [3.8, 4) is 0 Å². The maximum absolute atomic E-state index is 11.3. The lowest BCUT2D eigenvalue weighted by molar-refractivity contribution is -0.128. The van der Waals surface area contributed by atoms with Crippen molar-refractivity contribution in [2.75, 3.05) is 7.05 Å². The monoisotopic (exact) mass is 244 g/mol. The minimum Gasteiger partial charge on any atom is -0.359 e. The standard InChI is InChI=1S/C9H16N2O3.C3H8/c1-6(11-7(2)12)8(13)4-5-9(14)10-3;1-3-2/h6H,4-5H2,1-3H3,(H,10,14)(H,11,12);3H2,1-2H3/t6-;/m0./s1. The molecule has 0 radical (unpaired) electrons. The van der Waals surface area contributed by atoms with E-state index in [1.54, 1.807) is 6.92 Å². The van der Waals surface area contributed by atoms with Crippen molar-refractivity contribution in [1.82, 2.24) is 10.6 Å². The molecule has 0 aromatic heterocycles. The zero-order valence-corrected chi connectivity index (χ0v) is 11.4. The minimum absolute atomic E-state index is 0.135. The summed E-state index contributed by atoms with van der Waals surface area (Å²) in [5.41, 5.74) is 0. The van der Waals surface area contributed by atoms with E-state index in [1.165, 1.54) is 20.4 Å². The maximum Gasteiger partial charge on any atom is 0.220 e. The van der Waals surface area contributed by atoms with Crippen molar-refractivity contribution in [2.24, 2.45) is 0 Å². The van der Waals surface area contributed by atoms with Crippen LogP contribution in [0.4, 0.5) is 0 Å². The molecule has 0 unspecified atom stereocenters. The van der Waals surface area contributed by atoms with E-state index in [1.807, 2.05) is 0 Å². The molecule has 0 aliphatic rings. The Morgan fingerprint density at radius 2 is 1.59 bits per heavy atom. The van der Waals surface area contributed by atoms with E-state index < -0.39 is 6.04 Å². The zero-order valence-electron chi connectivity index (χ0n) is 11.4. The molecule has 0 bridgehead atoms. The lowest BCUT2D eigenvalue weighted by atomic mass is 10.1. The van der Waals surface area contributed by atoms with Gasteiger partial charge in [0, 0.05) is 26.8 Å². The van der Waals surface area contributed by atoms with E-state index >= 15 is 0 Å². The second kappa shape index (κ2) is 11.1. The first-order valence-electron chi connectivity index (χ1n) is 5.89. The molecule has 5 heteroatoms. The fourth-order valence-corrected chi connectivity index (χ4v) is 0.964. The largest absolute Gasteiger partial charge is 0.359 e. The summed E-state index contributed by atoms with van der Waals surface area (Å²) in [4.78, 5) is 32.7. The van der Waals surface area contributed by atoms with Crippen LogP contribution in [0.25, 0.3) is 0 Å². The van der Waals surface area contributed by atoms with Crippen LogP contribution in [0.15, 0.2) is 0 Å². The van der Waals surface area contributed by atoms with Gasteiger partial charge in [0.05, 0.1) is 6.04 Å². The number of ketones is 1. The number of carbonyl (C=O) groups is 3. The Balaban J connectivity index is 0. The van der Waals surface area contributed by atoms with Gasteiger partial charge in [0.25, 0.3) is 0 Å². The predicted octanol–water partition coefficient (Wildman–Crippen LogP) is 1.02. The summed E-state index contributed by atoms with van der Waals surface area (Å²) in [5.74, 6) is -0.553. The highest BCUT2D eigenvalue weighted by Gasteiger charge is 2.14. The fraction of sp³-hybridized carbons (Fsp3) is 0.750. The predicted molar refractivity (Wildman–Crippen MR) is 67.6 cm³/mol. The number of nitrogens with one attached hydrogen (secondary N) is 2. The molecule has 0 saturated carbocycles. The van der Waals surface area contributed by atoms with Gasteiger partial charge in [-0.25, -0.2) is 0 Å². The van der Waals surface area contributed by atoms with E-state index in [2.05, 4.69) is 24.5 Å². The lowest BCUT2D eigenvalue weighted by Crippen LogP contribution is -2.37. The topological polar surface area (TPSA) is 75.3 Å². The summed E-state index contributed by atoms with van der Waals surface area (Å²) in [5, 5.41) is 4.89. The molecular weight excluding hydrogens is 220 g/mol. The summed E-state index contributed by atoms with van der Waals surface area (Å²) in [6, 6.07) is -0.517. The molecule has 0 spiro atoms. The molecule has 0 heterocycles. The molecule has 0 fully saturated rings. The molecule has 2 amide bonds. The Bertz CT molecular complexity index is 252. The van der Waals surface area contributed by atoms with Crippen molar-refractivity contribution in [2.45, 2.75) is 53.0 Å². The molecule has 17 heavy (non-hydrogen) atoms. The Hall–Kier alpha value is -1.39. The van der Waals surface area contributed by atoms with Gasteiger partial charge in [0.2, 0.25) is 11.8 Å². The van der Waals surface area contributed by atoms with Gasteiger partial charge < -0.3 is 10.6 Å². The Morgan fingerprint density at radius 1 is 1.12 bits per heavy atom. The Morgan fingerprint density at radius 3 is 1.94 bits per heavy atom. The van der Waals surface area contributed by atoms with Crippen molar-refractivity contribution >= 4 is 17.6 Å². The van der Waals surface area contributed by atoms with Gasteiger partial charge in [-0.3, -0.25) is 14.4 Å². The Labute approximate surface area is 103 Å². The Kier molecular flexibility index (Phi) is 11.8. The van der Waals surface area contributed by atoms with Crippen LogP contribution in [0, 0.1) is 0 Å². The number of hydrogen-bond acceptors (Lipinski definition) is 3. The smallest absolute Gasteiger partial charge is 0.220 e. The van der Waals surface area contributed by atoms with Crippen molar-refractivity contribution in [3.63, 3.8) is 0 Å². The van der Waals surface area contributed by atoms with Gasteiger partial charge in [-0.05, 0) is 6.92 Å². The van der Waals surface area contributed by atoms with Crippen molar-refractivity contribution in [1.29, 1.82) is 0 Å². The van der Waals surface area contributed by atoms with Crippen LogP contribution in [0.2, 0.25) is 0 Å². The SMILES string of the molecule is CCC.CNC(=O)CCC(=O)[C@H](C)NC(C)=O. The molecule has 0 aromatic carbocycles. The van der Waals surface area contributed by atoms with Crippen LogP contribution in [0.5, 0.6) is 0 Å². The van der Waals surface area contributed by atoms with Gasteiger partial charge in [-0.1, -0.05) is 20.3 Å². The molecule has 0 saturated heterocycles.